The van der Waals surface area contributed by atoms with E-state index in [0.29, 0.717) is 12.8 Å². The van der Waals surface area contributed by atoms with Gasteiger partial charge in [0, 0.05) is 12.2 Å². The minimum atomic E-state index is -4.01. The maximum atomic E-state index is 13.9. The van der Waals surface area contributed by atoms with Crippen LogP contribution in [0.3, 0.4) is 0 Å². The second kappa shape index (κ2) is 4.73. The van der Waals surface area contributed by atoms with Gasteiger partial charge < -0.3 is 10.8 Å². The molecule has 0 atom stereocenters. The van der Waals surface area contributed by atoms with Crippen LogP contribution < -0.4 is 10.5 Å². The first-order valence-electron chi connectivity index (χ1n) is 6.01. The predicted octanol–water partition coefficient (Wildman–Crippen LogP) is 0.910. The molecule has 0 bridgehead atoms. The number of benzene rings is 1. The number of halogens is 1. The van der Waals surface area contributed by atoms with Crippen LogP contribution in [0.1, 0.15) is 24.8 Å². The fraction of sp³-hybridized carbons (Fsp3) is 0.500. The summed E-state index contributed by atoms with van der Waals surface area (Å²) < 4.78 is 40.1. The number of sulfonamides is 1. The van der Waals surface area contributed by atoms with Gasteiger partial charge in [0.2, 0.25) is 10.0 Å². The summed E-state index contributed by atoms with van der Waals surface area (Å²) in [6.07, 6.45) is 1.96. The average molecular weight is 288 g/mol. The Hall–Kier alpha value is -1.18. The third-order valence-corrected chi connectivity index (χ3v) is 4.81. The molecular formula is C12H17FN2O3S. The molecule has 1 saturated carbocycles. The van der Waals surface area contributed by atoms with Crippen molar-refractivity contribution >= 4 is 15.7 Å². The Labute approximate surface area is 111 Å². The van der Waals surface area contributed by atoms with Crippen LogP contribution in [0.15, 0.2) is 17.0 Å². The van der Waals surface area contributed by atoms with Crippen molar-refractivity contribution in [2.75, 3.05) is 12.3 Å². The van der Waals surface area contributed by atoms with E-state index in [1.165, 1.54) is 13.0 Å². The average Bonchev–Trinajstić information content (AvgIpc) is 2.28. The molecule has 0 spiro atoms. The molecule has 0 amide bonds. The van der Waals surface area contributed by atoms with Crippen LogP contribution in [-0.4, -0.2) is 25.7 Å². The highest BCUT2D eigenvalue weighted by Gasteiger charge is 2.36. The minimum absolute atomic E-state index is 0.109. The Balaban J connectivity index is 2.24. The molecule has 1 aliphatic rings. The second-order valence-corrected chi connectivity index (χ2v) is 6.79. The third kappa shape index (κ3) is 2.88. The summed E-state index contributed by atoms with van der Waals surface area (Å²) in [6.45, 7) is 1.34. The van der Waals surface area contributed by atoms with Gasteiger partial charge in [-0.3, -0.25) is 0 Å². The molecule has 1 fully saturated rings. The minimum Gasteiger partial charge on any atom is -0.399 e. The number of rotatable bonds is 4. The molecule has 5 nitrogen and oxygen atoms in total. The zero-order valence-corrected chi connectivity index (χ0v) is 11.4. The highest BCUT2D eigenvalue weighted by atomic mass is 32.2. The lowest BCUT2D eigenvalue weighted by atomic mass is 9.81. The fourth-order valence-corrected chi connectivity index (χ4v) is 3.33. The Morgan fingerprint density at radius 1 is 1.47 bits per heavy atom. The number of aliphatic hydroxyl groups is 1. The van der Waals surface area contributed by atoms with Crippen LogP contribution in [0.2, 0.25) is 0 Å². The molecule has 0 unspecified atom stereocenters. The van der Waals surface area contributed by atoms with E-state index in [1.807, 2.05) is 0 Å². The lowest BCUT2D eigenvalue weighted by Gasteiger charge is -2.36. The van der Waals surface area contributed by atoms with E-state index >= 15 is 0 Å². The van der Waals surface area contributed by atoms with Crippen LogP contribution in [0, 0.1) is 12.7 Å². The van der Waals surface area contributed by atoms with Crippen molar-refractivity contribution in [3.8, 4) is 0 Å². The molecule has 1 aromatic rings. The van der Waals surface area contributed by atoms with Gasteiger partial charge in [-0.15, -0.1) is 0 Å². The molecule has 0 heterocycles. The summed E-state index contributed by atoms with van der Waals surface area (Å²) in [4.78, 5) is -0.479. The normalized spacial score (nSPS) is 18.1. The SMILES string of the molecule is Cc1cc(N)cc(S(=O)(=O)NCC2(O)CCC2)c1F. The third-order valence-electron chi connectivity index (χ3n) is 3.41. The van der Waals surface area contributed by atoms with Crippen LogP contribution in [0.5, 0.6) is 0 Å². The maximum Gasteiger partial charge on any atom is 0.243 e. The van der Waals surface area contributed by atoms with Crippen LogP contribution >= 0.6 is 0 Å². The number of anilines is 1. The van der Waals surface area contributed by atoms with E-state index in [-0.39, 0.29) is 17.8 Å². The zero-order chi connectivity index (χ0) is 14.3. The van der Waals surface area contributed by atoms with Gasteiger partial charge in [0.15, 0.2) is 0 Å². The number of aryl methyl sites for hydroxylation is 1. The molecule has 2 rings (SSSR count). The van der Waals surface area contributed by atoms with Crippen molar-refractivity contribution in [3.05, 3.63) is 23.5 Å². The van der Waals surface area contributed by atoms with E-state index in [4.69, 9.17) is 5.73 Å². The molecule has 4 N–H and O–H groups in total. The van der Waals surface area contributed by atoms with Crippen molar-refractivity contribution in [1.29, 1.82) is 0 Å². The van der Waals surface area contributed by atoms with Crippen molar-refractivity contribution in [2.24, 2.45) is 0 Å². The van der Waals surface area contributed by atoms with Crippen molar-refractivity contribution in [2.45, 2.75) is 36.7 Å². The molecule has 0 saturated heterocycles. The van der Waals surface area contributed by atoms with Gasteiger partial charge in [0.1, 0.15) is 10.7 Å². The van der Waals surface area contributed by atoms with Crippen LogP contribution in [-0.2, 0) is 10.0 Å². The van der Waals surface area contributed by atoms with Gasteiger partial charge >= 0.3 is 0 Å². The summed E-state index contributed by atoms with van der Waals surface area (Å²) in [7, 11) is -4.01. The van der Waals surface area contributed by atoms with E-state index in [1.54, 1.807) is 0 Å². The molecule has 7 heteroatoms. The highest BCUT2D eigenvalue weighted by molar-refractivity contribution is 7.89. The Bertz CT molecular complexity index is 597. The van der Waals surface area contributed by atoms with Gasteiger partial charge in [-0.2, -0.15) is 0 Å². The Kier molecular flexibility index (Phi) is 3.55. The molecule has 19 heavy (non-hydrogen) atoms. The summed E-state index contributed by atoms with van der Waals surface area (Å²) in [6, 6.07) is 2.45. The predicted molar refractivity (Wildman–Crippen MR) is 69.5 cm³/mol. The second-order valence-electron chi connectivity index (χ2n) is 5.05. The highest BCUT2D eigenvalue weighted by Crippen LogP contribution is 2.31. The largest absolute Gasteiger partial charge is 0.399 e. The van der Waals surface area contributed by atoms with Crippen LogP contribution in [0.25, 0.3) is 0 Å². The maximum absolute atomic E-state index is 13.9. The van der Waals surface area contributed by atoms with Gasteiger partial charge in [0.05, 0.1) is 5.60 Å². The number of nitrogens with one attached hydrogen (secondary N) is 1. The number of nitrogen functional groups attached to an aromatic ring is 1. The Morgan fingerprint density at radius 3 is 2.63 bits per heavy atom. The van der Waals surface area contributed by atoms with E-state index in [0.717, 1.165) is 12.5 Å². The topological polar surface area (TPSA) is 92.4 Å². The van der Waals surface area contributed by atoms with Crippen LogP contribution in [0.4, 0.5) is 10.1 Å². The number of hydrogen-bond donors (Lipinski definition) is 3. The molecule has 0 aromatic heterocycles. The molecule has 106 valence electrons. The molecule has 1 aliphatic carbocycles. The van der Waals surface area contributed by atoms with Crippen molar-refractivity contribution in [3.63, 3.8) is 0 Å². The van der Waals surface area contributed by atoms with E-state index < -0.39 is 26.3 Å². The Morgan fingerprint density at radius 2 is 2.11 bits per heavy atom. The molecule has 1 aromatic carbocycles. The summed E-state index contributed by atoms with van der Waals surface area (Å²) in [5, 5.41) is 9.85. The van der Waals surface area contributed by atoms with Gasteiger partial charge in [-0.1, -0.05) is 0 Å². The summed E-state index contributed by atoms with van der Waals surface area (Å²) in [5.41, 5.74) is 4.89. The fourth-order valence-electron chi connectivity index (χ4n) is 2.03. The summed E-state index contributed by atoms with van der Waals surface area (Å²) in [5.74, 6) is -0.817. The lowest BCUT2D eigenvalue weighted by molar-refractivity contribution is -0.0271. The first kappa shape index (κ1) is 14.2. The smallest absolute Gasteiger partial charge is 0.243 e. The van der Waals surface area contributed by atoms with Gasteiger partial charge in [-0.25, -0.2) is 17.5 Å². The van der Waals surface area contributed by atoms with Crippen molar-refractivity contribution in [1.82, 2.24) is 4.72 Å². The first-order chi connectivity index (χ1) is 8.73. The number of nitrogens with two attached hydrogens (primary N) is 1. The lowest BCUT2D eigenvalue weighted by Crippen LogP contribution is -2.47. The van der Waals surface area contributed by atoms with Gasteiger partial charge in [0.25, 0.3) is 0 Å². The van der Waals surface area contributed by atoms with E-state index in [9.17, 15) is 17.9 Å². The summed E-state index contributed by atoms with van der Waals surface area (Å²) >= 11 is 0. The van der Waals surface area contributed by atoms with Crippen molar-refractivity contribution < 1.29 is 17.9 Å². The number of hydrogen-bond acceptors (Lipinski definition) is 4. The zero-order valence-electron chi connectivity index (χ0n) is 10.6. The van der Waals surface area contributed by atoms with E-state index in [2.05, 4.69) is 4.72 Å². The molecule has 0 aliphatic heterocycles. The molecular weight excluding hydrogens is 271 g/mol. The first-order valence-corrected chi connectivity index (χ1v) is 7.49. The monoisotopic (exact) mass is 288 g/mol. The van der Waals surface area contributed by atoms with Gasteiger partial charge in [-0.05, 0) is 43.9 Å². The molecule has 0 radical (unpaired) electrons. The standard InChI is InChI=1S/C12H17FN2O3S/c1-8-5-9(14)6-10(11(8)13)19(17,18)15-7-12(16)3-2-4-12/h5-6,15-16H,2-4,7,14H2,1H3. The quantitative estimate of drug-likeness (QED) is 0.718.